The first-order chi connectivity index (χ1) is 13.5. The topological polar surface area (TPSA) is 65.5 Å². The Bertz CT molecular complexity index is 1120. The summed E-state index contributed by atoms with van der Waals surface area (Å²) in [6, 6.07) is 13.5. The number of Topliss-reactive ketones (excluding diaryl/α,β-unsaturated/α-hetero) is 1. The highest BCUT2D eigenvalue weighted by Gasteiger charge is 2.30. The van der Waals surface area contributed by atoms with Crippen LogP contribution in [0.2, 0.25) is 5.02 Å². The molecule has 0 aliphatic carbocycles. The molecule has 0 saturated heterocycles. The van der Waals surface area contributed by atoms with Crippen LogP contribution < -0.4 is 9.47 Å². The predicted molar refractivity (Wildman–Crippen MR) is 105 cm³/mol. The first-order valence-electron chi connectivity index (χ1n) is 8.49. The number of fused-ring (bicyclic) bond motifs is 1. The van der Waals surface area contributed by atoms with Crippen molar-refractivity contribution in [2.24, 2.45) is 0 Å². The molecule has 6 heteroatoms. The Hall–Kier alpha value is -3.44. The minimum Gasteiger partial charge on any atom is -0.452 e. The molecule has 4 rings (SSSR count). The van der Waals surface area contributed by atoms with Crippen LogP contribution in [0.15, 0.2) is 66.7 Å². The average molecular weight is 392 g/mol. The molecule has 3 aromatic rings. The van der Waals surface area contributed by atoms with Crippen LogP contribution in [0.4, 0.5) is 0 Å². The lowest BCUT2D eigenvalue weighted by atomic mass is 10.1. The van der Waals surface area contributed by atoms with Gasteiger partial charge >= 0.3 is 5.97 Å². The molecule has 2 aromatic carbocycles. The summed E-state index contributed by atoms with van der Waals surface area (Å²) in [6.45, 7) is 1.74. The van der Waals surface area contributed by atoms with Crippen LogP contribution in [0.25, 0.3) is 6.08 Å². The lowest BCUT2D eigenvalue weighted by molar-refractivity contribution is 0.0733. The van der Waals surface area contributed by atoms with Gasteiger partial charge in [-0.2, -0.15) is 0 Å². The maximum absolute atomic E-state index is 12.7. The van der Waals surface area contributed by atoms with Crippen molar-refractivity contribution < 1.29 is 19.1 Å². The number of allylic oxidation sites excluding steroid dienone is 1. The number of carbonyl (C=O) groups is 2. The highest BCUT2D eigenvalue weighted by atomic mass is 35.5. The fourth-order valence-corrected chi connectivity index (χ4v) is 3.05. The van der Waals surface area contributed by atoms with Gasteiger partial charge in [-0.1, -0.05) is 29.8 Å². The molecular formula is C22H14ClNO4. The third-order valence-corrected chi connectivity index (χ3v) is 4.69. The minimum atomic E-state index is -0.512. The molecule has 0 saturated carbocycles. The molecule has 1 aliphatic heterocycles. The zero-order valence-electron chi connectivity index (χ0n) is 14.8. The summed E-state index contributed by atoms with van der Waals surface area (Å²) >= 11 is 6.16. The van der Waals surface area contributed by atoms with Gasteiger partial charge in [0.1, 0.15) is 11.5 Å². The summed E-state index contributed by atoms with van der Waals surface area (Å²) < 4.78 is 11.3. The Morgan fingerprint density at radius 1 is 1.11 bits per heavy atom. The highest BCUT2D eigenvalue weighted by molar-refractivity contribution is 6.32. The standard InChI is InChI=1S/C22H14ClNO4/c1-13-18(28-22(26)14-8-10-24-11-9-14)7-6-16-20(25)19(27-21(13)16)12-15-4-2-3-5-17(15)23/h2-12H,1H3/b19-12-. The van der Waals surface area contributed by atoms with Crippen LogP contribution in [0.3, 0.4) is 0 Å². The van der Waals surface area contributed by atoms with Crippen molar-refractivity contribution in [2.75, 3.05) is 0 Å². The van der Waals surface area contributed by atoms with E-state index in [0.29, 0.717) is 38.8 Å². The summed E-state index contributed by atoms with van der Waals surface area (Å²) in [5, 5.41) is 0.519. The zero-order valence-corrected chi connectivity index (χ0v) is 15.6. The second kappa shape index (κ2) is 7.29. The summed E-state index contributed by atoms with van der Waals surface area (Å²) in [4.78, 5) is 28.8. The number of halogens is 1. The van der Waals surface area contributed by atoms with Gasteiger partial charge < -0.3 is 9.47 Å². The molecule has 28 heavy (non-hydrogen) atoms. The van der Waals surface area contributed by atoms with Crippen LogP contribution in [-0.2, 0) is 0 Å². The number of nitrogens with zero attached hydrogens (tertiary/aromatic N) is 1. The number of ether oxygens (including phenoxy) is 2. The number of rotatable bonds is 3. The third-order valence-electron chi connectivity index (χ3n) is 4.35. The number of benzene rings is 2. The number of ketones is 1. The lowest BCUT2D eigenvalue weighted by Crippen LogP contribution is -2.09. The van der Waals surface area contributed by atoms with Gasteiger partial charge in [0, 0.05) is 23.0 Å². The van der Waals surface area contributed by atoms with E-state index in [0.717, 1.165) is 0 Å². The van der Waals surface area contributed by atoms with Gasteiger partial charge in [-0.25, -0.2) is 4.79 Å². The first-order valence-corrected chi connectivity index (χ1v) is 8.87. The van der Waals surface area contributed by atoms with Gasteiger partial charge in [0.05, 0.1) is 11.1 Å². The van der Waals surface area contributed by atoms with E-state index >= 15 is 0 Å². The maximum Gasteiger partial charge on any atom is 0.343 e. The molecule has 0 radical (unpaired) electrons. The predicted octanol–water partition coefficient (Wildman–Crippen LogP) is 4.88. The Morgan fingerprint density at radius 2 is 1.86 bits per heavy atom. The van der Waals surface area contributed by atoms with Gasteiger partial charge in [-0.3, -0.25) is 9.78 Å². The Morgan fingerprint density at radius 3 is 2.61 bits per heavy atom. The Labute approximate surface area is 166 Å². The number of carbonyl (C=O) groups excluding carboxylic acids is 2. The normalized spacial score (nSPS) is 13.9. The maximum atomic E-state index is 12.7. The molecule has 0 N–H and O–H groups in total. The zero-order chi connectivity index (χ0) is 19.7. The van der Waals surface area contributed by atoms with Gasteiger partial charge in [0.25, 0.3) is 0 Å². The van der Waals surface area contributed by atoms with E-state index in [-0.39, 0.29) is 11.5 Å². The van der Waals surface area contributed by atoms with Crippen LogP contribution in [0, 0.1) is 6.92 Å². The number of aromatic nitrogens is 1. The monoisotopic (exact) mass is 391 g/mol. The van der Waals surface area contributed by atoms with Crippen LogP contribution in [0.5, 0.6) is 11.5 Å². The number of pyridine rings is 1. The van der Waals surface area contributed by atoms with Crippen molar-refractivity contribution in [3.8, 4) is 11.5 Å². The fourth-order valence-electron chi connectivity index (χ4n) is 2.86. The molecule has 0 atom stereocenters. The van der Waals surface area contributed by atoms with E-state index in [2.05, 4.69) is 4.98 Å². The summed E-state index contributed by atoms with van der Waals surface area (Å²) in [5.74, 6) is 0.117. The first kappa shape index (κ1) is 17.9. The largest absolute Gasteiger partial charge is 0.452 e. The van der Waals surface area contributed by atoms with E-state index in [1.165, 1.54) is 12.4 Å². The summed E-state index contributed by atoms with van der Waals surface area (Å²) in [5.41, 5.74) is 2.05. The van der Waals surface area contributed by atoms with E-state index in [1.54, 1.807) is 49.4 Å². The van der Waals surface area contributed by atoms with Crippen molar-refractivity contribution >= 4 is 29.4 Å². The second-order valence-electron chi connectivity index (χ2n) is 6.15. The second-order valence-corrected chi connectivity index (χ2v) is 6.56. The molecule has 0 fully saturated rings. The lowest BCUT2D eigenvalue weighted by Gasteiger charge is -2.10. The molecule has 2 heterocycles. The molecule has 1 aromatic heterocycles. The number of hydrogen-bond acceptors (Lipinski definition) is 5. The van der Waals surface area contributed by atoms with Gasteiger partial charge in [-0.15, -0.1) is 0 Å². The smallest absolute Gasteiger partial charge is 0.343 e. The van der Waals surface area contributed by atoms with E-state index in [4.69, 9.17) is 21.1 Å². The van der Waals surface area contributed by atoms with Crippen molar-refractivity contribution in [1.29, 1.82) is 0 Å². The fraction of sp³-hybridized carbons (Fsp3) is 0.0455. The molecule has 0 bridgehead atoms. The number of hydrogen-bond donors (Lipinski definition) is 0. The summed E-state index contributed by atoms with van der Waals surface area (Å²) in [6.07, 6.45) is 4.63. The molecule has 0 unspecified atom stereocenters. The van der Waals surface area contributed by atoms with Crippen molar-refractivity contribution in [3.05, 3.63) is 94.0 Å². The quantitative estimate of drug-likeness (QED) is 0.361. The van der Waals surface area contributed by atoms with Crippen molar-refractivity contribution in [1.82, 2.24) is 4.98 Å². The molecule has 0 spiro atoms. The molecule has 0 amide bonds. The van der Waals surface area contributed by atoms with Gasteiger partial charge in [0.2, 0.25) is 5.78 Å². The molecule has 138 valence electrons. The minimum absolute atomic E-state index is 0.170. The van der Waals surface area contributed by atoms with E-state index in [1.807, 2.05) is 12.1 Å². The number of esters is 1. The summed E-state index contributed by atoms with van der Waals surface area (Å²) in [7, 11) is 0. The van der Waals surface area contributed by atoms with E-state index < -0.39 is 5.97 Å². The Kier molecular flexibility index (Phi) is 4.67. The van der Waals surface area contributed by atoms with Gasteiger partial charge in [-0.05, 0) is 48.9 Å². The molecule has 5 nitrogen and oxygen atoms in total. The van der Waals surface area contributed by atoms with Gasteiger partial charge in [0.15, 0.2) is 5.76 Å². The van der Waals surface area contributed by atoms with Crippen LogP contribution in [-0.4, -0.2) is 16.7 Å². The molecule has 1 aliphatic rings. The van der Waals surface area contributed by atoms with Crippen molar-refractivity contribution in [3.63, 3.8) is 0 Å². The van der Waals surface area contributed by atoms with Crippen molar-refractivity contribution in [2.45, 2.75) is 6.92 Å². The van der Waals surface area contributed by atoms with Crippen LogP contribution >= 0.6 is 11.6 Å². The van der Waals surface area contributed by atoms with E-state index in [9.17, 15) is 9.59 Å². The average Bonchev–Trinajstić information content (AvgIpc) is 3.03. The SMILES string of the molecule is Cc1c(OC(=O)c2ccncc2)ccc2c1O/C(=C\c1ccccc1Cl)C2=O. The Balaban J connectivity index is 1.64. The highest BCUT2D eigenvalue weighted by Crippen LogP contribution is 2.39. The van der Waals surface area contributed by atoms with Crippen LogP contribution in [0.1, 0.15) is 31.8 Å². The molecular weight excluding hydrogens is 378 g/mol. The third kappa shape index (κ3) is 3.28.